The van der Waals surface area contributed by atoms with E-state index >= 15 is 0 Å². The summed E-state index contributed by atoms with van der Waals surface area (Å²) in [5, 5.41) is 20.0. The van der Waals surface area contributed by atoms with Crippen molar-refractivity contribution in [3.8, 4) is 0 Å². The van der Waals surface area contributed by atoms with Crippen LogP contribution >= 0.6 is 0 Å². The highest BCUT2D eigenvalue weighted by molar-refractivity contribution is 5.81. The summed E-state index contributed by atoms with van der Waals surface area (Å²) in [6, 6.07) is -0.323. The first-order valence-corrected chi connectivity index (χ1v) is 6.58. The number of nitrogens with zero attached hydrogens (tertiary/aromatic N) is 5. The van der Waals surface area contributed by atoms with Crippen LogP contribution < -0.4 is 5.73 Å². The number of likely N-dealkylation sites (N-methyl/N-ethyl adjacent to an activating group) is 1. The third-order valence-corrected chi connectivity index (χ3v) is 3.77. The summed E-state index contributed by atoms with van der Waals surface area (Å²) in [6.45, 7) is -0.180. The molecule has 2 aromatic heterocycles. The van der Waals surface area contributed by atoms with Gasteiger partial charge in [-0.2, -0.15) is 0 Å². The van der Waals surface area contributed by atoms with E-state index in [-0.39, 0.29) is 18.5 Å². The largest absolute Gasteiger partial charge is 0.394 e. The molecule has 114 valence electrons. The number of nitrogen functional groups attached to an aromatic ring is 1. The van der Waals surface area contributed by atoms with E-state index in [1.54, 1.807) is 4.57 Å². The molecule has 21 heavy (non-hydrogen) atoms. The Kier molecular flexibility index (Phi) is 3.49. The Labute approximate surface area is 121 Å². The molecule has 4 atom stereocenters. The second-order valence-corrected chi connectivity index (χ2v) is 5.28. The zero-order valence-corrected chi connectivity index (χ0v) is 11.8. The van der Waals surface area contributed by atoms with Crippen LogP contribution in [0.2, 0.25) is 0 Å². The van der Waals surface area contributed by atoms with Gasteiger partial charge in [-0.25, -0.2) is 15.0 Å². The summed E-state index contributed by atoms with van der Waals surface area (Å²) in [5.41, 5.74) is 6.70. The van der Waals surface area contributed by atoms with Gasteiger partial charge in [0.1, 0.15) is 24.1 Å². The maximum Gasteiger partial charge on any atom is 0.167 e. The van der Waals surface area contributed by atoms with Crippen molar-refractivity contribution in [3.63, 3.8) is 0 Å². The van der Waals surface area contributed by atoms with Gasteiger partial charge in [-0.1, -0.05) is 0 Å². The molecule has 1 aliphatic heterocycles. The normalized spacial score (nSPS) is 29.6. The van der Waals surface area contributed by atoms with Crippen LogP contribution in [0.15, 0.2) is 12.7 Å². The fraction of sp³-hybridized carbons (Fsp3) is 0.583. The average molecular weight is 294 g/mol. The maximum absolute atomic E-state index is 10.5. The predicted molar refractivity (Wildman–Crippen MR) is 74.2 cm³/mol. The highest BCUT2D eigenvalue weighted by atomic mass is 16.5. The van der Waals surface area contributed by atoms with Gasteiger partial charge >= 0.3 is 0 Å². The molecule has 0 aromatic carbocycles. The molecule has 1 fully saturated rings. The minimum atomic E-state index is -0.828. The first-order valence-electron chi connectivity index (χ1n) is 6.58. The van der Waals surface area contributed by atoms with Crippen molar-refractivity contribution in [2.75, 3.05) is 26.4 Å². The Balaban J connectivity index is 2.01. The third kappa shape index (κ3) is 2.14. The van der Waals surface area contributed by atoms with Gasteiger partial charge in [0, 0.05) is 0 Å². The molecule has 9 nitrogen and oxygen atoms in total. The van der Waals surface area contributed by atoms with Crippen LogP contribution in [0.5, 0.6) is 0 Å². The number of aliphatic hydroxyl groups excluding tert-OH is 2. The summed E-state index contributed by atoms with van der Waals surface area (Å²) in [7, 11) is 3.66. The van der Waals surface area contributed by atoms with Gasteiger partial charge in [-0.05, 0) is 14.1 Å². The first kappa shape index (κ1) is 14.1. The van der Waals surface area contributed by atoms with Gasteiger partial charge < -0.3 is 25.6 Å². The summed E-state index contributed by atoms with van der Waals surface area (Å²) in [4.78, 5) is 14.0. The number of hydrogen-bond acceptors (Lipinski definition) is 8. The van der Waals surface area contributed by atoms with Crippen LogP contribution in [0.3, 0.4) is 0 Å². The van der Waals surface area contributed by atoms with E-state index in [1.807, 2.05) is 19.0 Å². The van der Waals surface area contributed by atoms with E-state index < -0.39 is 18.4 Å². The number of nitrogens with two attached hydrogens (primary N) is 1. The topological polar surface area (TPSA) is 123 Å². The van der Waals surface area contributed by atoms with Crippen molar-refractivity contribution < 1.29 is 14.9 Å². The quantitative estimate of drug-likeness (QED) is 0.631. The van der Waals surface area contributed by atoms with Crippen molar-refractivity contribution in [2.45, 2.75) is 24.5 Å². The lowest BCUT2D eigenvalue weighted by atomic mass is 10.1. The molecule has 9 heteroatoms. The number of imidazole rings is 1. The van der Waals surface area contributed by atoms with Crippen LogP contribution in [0.25, 0.3) is 11.2 Å². The number of rotatable bonds is 3. The molecule has 3 rings (SSSR count). The van der Waals surface area contributed by atoms with Crippen molar-refractivity contribution in [3.05, 3.63) is 12.7 Å². The summed E-state index contributed by atoms with van der Waals surface area (Å²) in [5.74, 6) is 0.272. The Morgan fingerprint density at radius 2 is 2.14 bits per heavy atom. The molecular weight excluding hydrogens is 276 g/mol. The van der Waals surface area contributed by atoms with Gasteiger partial charge in [-0.3, -0.25) is 4.57 Å². The lowest BCUT2D eigenvalue weighted by Crippen LogP contribution is -2.44. The Morgan fingerprint density at radius 1 is 1.38 bits per heavy atom. The lowest BCUT2D eigenvalue weighted by Gasteiger charge is -2.25. The second kappa shape index (κ2) is 5.19. The van der Waals surface area contributed by atoms with E-state index in [4.69, 9.17) is 10.5 Å². The van der Waals surface area contributed by atoms with E-state index in [0.29, 0.717) is 11.2 Å². The number of fused-ring (bicyclic) bond motifs is 1. The van der Waals surface area contributed by atoms with E-state index in [1.165, 1.54) is 12.7 Å². The van der Waals surface area contributed by atoms with Gasteiger partial charge in [0.25, 0.3) is 0 Å². The molecule has 0 radical (unpaired) electrons. The molecule has 0 spiro atoms. The van der Waals surface area contributed by atoms with Gasteiger partial charge in [-0.15, -0.1) is 0 Å². The highest BCUT2D eigenvalue weighted by Crippen LogP contribution is 2.33. The van der Waals surface area contributed by atoms with Crippen molar-refractivity contribution in [1.82, 2.24) is 24.4 Å². The number of aromatic nitrogens is 4. The molecule has 2 aromatic rings. The molecule has 3 heterocycles. The van der Waals surface area contributed by atoms with E-state index in [9.17, 15) is 10.2 Å². The van der Waals surface area contributed by atoms with Crippen molar-refractivity contribution in [2.24, 2.45) is 0 Å². The predicted octanol–water partition coefficient (Wildman–Crippen LogP) is -1.41. The standard InChI is InChI=1S/C12H18N6O3/c1-17(2)8-6(3-19)21-12(9(8)20)18-5-16-7-10(13)14-4-15-11(7)18/h4-6,8-9,12,19-20H,3H2,1-2H3,(H2,13,14,15)/t6-,8?,9?,12-/m1/s1. The monoisotopic (exact) mass is 294 g/mol. The fourth-order valence-electron chi connectivity index (χ4n) is 2.80. The van der Waals surface area contributed by atoms with Crippen LogP contribution in [-0.4, -0.2) is 73.6 Å². The minimum Gasteiger partial charge on any atom is -0.394 e. The highest BCUT2D eigenvalue weighted by Gasteiger charge is 2.45. The number of aliphatic hydroxyl groups is 2. The molecule has 0 saturated carbocycles. The Morgan fingerprint density at radius 3 is 2.76 bits per heavy atom. The van der Waals surface area contributed by atoms with Crippen LogP contribution in [0.1, 0.15) is 6.23 Å². The summed E-state index contributed by atoms with van der Waals surface area (Å²) >= 11 is 0. The van der Waals surface area contributed by atoms with Crippen LogP contribution in [0, 0.1) is 0 Å². The van der Waals surface area contributed by atoms with Crippen molar-refractivity contribution in [1.29, 1.82) is 0 Å². The second-order valence-electron chi connectivity index (χ2n) is 5.28. The Hall–Kier alpha value is -1.81. The summed E-state index contributed by atoms with van der Waals surface area (Å²) in [6.07, 6.45) is 0.844. The first-order chi connectivity index (χ1) is 10.0. The smallest absolute Gasteiger partial charge is 0.167 e. The third-order valence-electron chi connectivity index (χ3n) is 3.77. The molecule has 0 bridgehead atoms. The maximum atomic E-state index is 10.5. The molecule has 1 saturated heterocycles. The van der Waals surface area contributed by atoms with E-state index in [2.05, 4.69) is 15.0 Å². The van der Waals surface area contributed by atoms with Gasteiger partial charge in [0.2, 0.25) is 0 Å². The molecular formula is C12H18N6O3. The SMILES string of the molecule is CN(C)C1C(O)[C@H](n2cnc3c(N)ncnc32)O[C@@H]1CO. The zero-order valence-electron chi connectivity index (χ0n) is 11.8. The van der Waals surface area contributed by atoms with Crippen LogP contribution in [0.4, 0.5) is 5.82 Å². The number of anilines is 1. The zero-order chi connectivity index (χ0) is 15.1. The fourth-order valence-corrected chi connectivity index (χ4v) is 2.80. The average Bonchev–Trinajstić information content (AvgIpc) is 3.00. The van der Waals surface area contributed by atoms with Crippen molar-refractivity contribution >= 4 is 17.0 Å². The van der Waals surface area contributed by atoms with E-state index in [0.717, 1.165) is 0 Å². The minimum absolute atomic E-state index is 0.180. The number of ether oxygens (including phenoxy) is 1. The summed E-state index contributed by atoms with van der Waals surface area (Å²) < 4.78 is 7.38. The molecule has 1 aliphatic rings. The molecule has 4 N–H and O–H groups in total. The number of hydrogen-bond donors (Lipinski definition) is 3. The molecule has 0 aliphatic carbocycles. The molecule has 0 amide bonds. The van der Waals surface area contributed by atoms with Gasteiger partial charge in [0.15, 0.2) is 17.7 Å². The molecule has 2 unspecified atom stereocenters. The Bertz CT molecular complexity index is 645. The van der Waals surface area contributed by atoms with Crippen LogP contribution in [-0.2, 0) is 4.74 Å². The van der Waals surface area contributed by atoms with Gasteiger partial charge in [0.05, 0.1) is 19.0 Å². The lowest BCUT2D eigenvalue weighted by molar-refractivity contribution is -0.0495.